The molecule has 4 heteroatoms. The van der Waals surface area contributed by atoms with E-state index in [4.69, 9.17) is 9.68 Å². The monoisotopic (exact) mass is 304 g/mol. The lowest BCUT2D eigenvalue weighted by Gasteiger charge is -2.05. The highest BCUT2D eigenvalue weighted by atomic mass is 16.3. The van der Waals surface area contributed by atoms with Crippen LogP contribution in [0.15, 0.2) is 40.8 Å². The number of ketones is 1. The van der Waals surface area contributed by atoms with Gasteiger partial charge in [0.05, 0.1) is 11.6 Å². The van der Waals surface area contributed by atoms with E-state index in [1.54, 1.807) is 18.2 Å². The predicted octanol–water partition coefficient (Wildman–Crippen LogP) is 4.69. The molecule has 0 aliphatic rings. The van der Waals surface area contributed by atoms with Crippen LogP contribution in [0.5, 0.6) is 0 Å². The number of rotatable bonds is 3. The van der Waals surface area contributed by atoms with Crippen molar-refractivity contribution >= 4 is 16.9 Å². The molecule has 3 aromatic rings. The molecule has 0 aliphatic heterocycles. The predicted molar refractivity (Wildman–Crippen MR) is 88.3 cm³/mol. The zero-order valence-electron chi connectivity index (χ0n) is 13.3. The van der Waals surface area contributed by atoms with E-state index in [0.29, 0.717) is 28.1 Å². The molecule has 0 fully saturated rings. The lowest BCUT2D eigenvalue weighted by atomic mass is 10.00. The minimum atomic E-state index is 0.0230. The van der Waals surface area contributed by atoms with Gasteiger partial charge in [-0.2, -0.15) is 5.26 Å². The first-order valence-corrected chi connectivity index (χ1v) is 7.45. The highest BCUT2D eigenvalue weighted by Crippen LogP contribution is 2.31. The maximum Gasteiger partial charge on any atom is 0.227 e. The Labute approximate surface area is 134 Å². The molecule has 0 spiro atoms. The van der Waals surface area contributed by atoms with Crippen molar-refractivity contribution in [3.05, 3.63) is 53.1 Å². The molecule has 3 rings (SSSR count). The van der Waals surface area contributed by atoms with Crippen molar-refractivity contribution in [3.63, 3.8) is 0 Å². The molecule has 0 saturated heterocycles. The number of benzene rings is 2. The summed E-state index contributed by atoms with van der Waals surface area (Å²) in [6, 6.07) is 12.9. The van der Waals surface area contributed by atoms with Crippen molar-refractivity contribution in [1.82, 2.24) is 4.98 Å². The van der Waals surface area contributed by atoms with Gasteiger partial charge in [-0.3, -0.25) is 4.79 Å². The zero-order chi connectivity index (χ0) is 16.6. The Morgan fingerprint density at radius 3 is 2.48 bits per heavy atom. The number of nitrogens with zero attached hydrogens (tertiary/aromatic N) is 2. The van der Waals surface area contributed by atoms with Crippen molar-refractivity contribution in [2.75, 3.05) is 0 Å². The standard InChI is InChI=1S/C19H16N2O2/c1-11(2)16-8-13(10-20)9-17-18(16)23-19(21-17)15-6-4-14(5-7-15)12(3)22/h4-9,11H,1-3H3. The number of aromatic nitrogens is 1. The zero-order valence-corrected chi connectivity index (χ0v) is 13.3. The Bertz CT molecular complexity index is 928. The number of fused-ring (bicyclic) bond motifs is 1. The van der Waals surface area contributed by atoms with E-state index in [1.807, 2.05) is 18.2 Å². The van der Waals surface area contributed by atoms with Crippen molar-refractivity contribution < 1.29 is 9.21 Å². The maximum absolute atomic E-state index is 11.4. The molecule has 0 atom stereocenters. The van der Waals surface area contributed by atoms with Crippen LogP contribution in [0.2, 0.25) is 0 Å². The first kappa shape index (κ1) is 15.0. The number of Topliss-reactive ketones (excluding diaryl/α,β-unsaturated/α-hetero) is 1. The Morgan fingerprint density at radius 1 is 1.22 bits per heavy atom. The van der Waals surface area contributed by atoms with E-state index < -0.39 is 0 Å². The highest BCUT2D eigenvalue weighted by molar-refractivity contribution is 5.94. The van der Waals surface area contributed by atoms with Gasteiger partial charge in [-0.1, -0.05) is 26.0 Å². The van der Waals surface area contributed by atoms with E-state index in [9.17, 15) is 4.79 Å². The van der Waals surface area contributed by atoms with E-state index in [1.165, 1.54) is 6.92 Å². The number of oxazole rings is 1. The van der Waals surface area contributed by atoms with Gasteiger partial charge < -0.3 is 4.42 Å². The summed E-state index contributed by atoms with van der Waals surface area (Å²) in [5.41, 5.74) is 4.40. The second kappa shape index (κ2) is 5.69. The second-order valence-electron chi connectivity index (χ2n) is 5.83. The fraction of sp³-hybridized carbons (Fsp3) is 0.211. The average molecular weight is 304 g/mol. The van der Waals surface area contributed by atoms with Crippen LogP contribution in [0.3, 0.4) is 0 Å². The van der Waals surface area contributed by atoms with E-state index in [0.717, 1.165) is 11.1 Å². The van der Waals surface area contributed by atoms with Crippen LogP contribution in [0.1, 0.15) is 48.2 Å². The Morgan fingerprint density at radius 2 is 1.91 bits per heavy atom. The smallest absolute Gasteiger partial charge is 0.227 e. The van der Waals surface area contributed by atoms with Crippen molar-refractivity contribution in [1.29, 1.82) is 5.26 Å². The van der Waals surface area contributed by atoms with Gasteiger partial charge in [-0.15, -0.1) is 0 Å². The van der Waals surface area contributed by atoms with Crippen LogP contribution in [0.4, 0.5) is 0 Å². The molecule has 2 aromatic carbocycles. The quantitative estimate of drug-likeness (QED) is 0.658. The average Bonchev–Trinajstić information content (AvgIpc) is 2.97. The molecule has 114 valence electrons. The normalized spacial score (nSPS) is 10.9. The van der Waals surface area contributed by atoms with Gasteiger partial charge in [-0.25, -0.2) is 4.98 Å². The molecule has 1 aromatic heterocycles. The van der Waals surface area contributed by atoms with Crippen LogP contribution < -0.4 is 0 Å². The number of hydrogen-bond acceptors (Lipinski definition) is 4. The molecule has 0 bridgehead atoms. The fourth-order valence-electron chi connectivity index (χ4n) is 2.52. The van der Waals surface area contributed by atoms with Gasteiger partial charge in [0.2, 0.25) is 5.89 Å². The summed E-state index contributed by atoms with van der Waals surface area (Å²) in [6.07, 6.45) is 0. The molecular weight excluding hydrogens is 288 g/mol. The molecule has 23 heavy (non-hydrogen) atoms. The summed E-state index contributed by atoms with van der Waals surface area (Å²) in [6.45, 7) is 5.65. The third-order valence-corrected chi connectivity index (χ3v) is 3.81. The van der Waals surface area contributed by atoms with Crippen LogP contribution in [0, 0.1) is 11.3 Å². The Balaban J connectivity index is 2.14. The van der Waals surface area contributed by atoms with Gasteiger partial charge in [0.25, 0.3) is 0 Å². The van der Waals surface area contributed by atoms with Crippen molar-refractivity contribution in [3.8, 4) is 17.5 Å². The molecular formula is C19H16N2O2. The SMILES string of the molecule is CC(=O)c1ccc(-c2nc3cc(C#N)cc(C(C)C)c3o2)cc1. The summed E-state index contributed by atoms with van der Waals surface area (Å²) in [5.74, 6) is 0.744. The van der Waals surface area contributed by atoms with Gasteiger partial charge in [0, 0.05) is 16.7 Å². The number of hydrogen-bond donors (Lipinski definition) is 0. The second-order valence-corrected chi connectivity index (χ2v) is 5.83. The van der Waals surface area contributed by atoms with Gasteiger partial charge in [0.1, 0.15) is 5.52 Å². The summed E-state index contributed by atoms with van der Waals surface area (Å²) < 4.78 is 5.94. The van der Waals surface area contributed by atoms with E-state index in [-0.39, 0.29) is 11.7 Å². The fourth-order valence-corrected chi connectivity index (χ4v) is 2.52. The molecule has 1 heterocycles. The highest BCUT2D eigenvalue weighted by Gasteiger charge is 2.15. The maximum atomic E-state index is 11.4. The van der Waals surface area contributed by atoms with Crippen LogP contribution in [-0.2, 0) is 0 Å². The summed E-state index contributed by atoms with van der Waals surface area (Å²) in [5, 5.41) is 9.17. The molecule has 0 amide bonds. The molecule has 0 N–H and O–H groups in total. The molecule has 4 nitrogen and oxygen atoms in total. The van der Waals surface area contributed by atoms with E-state index >= 15 is 0 Å². The largest absolute Gasteiger partial charge is 0.436 e. The molecule has 0 aliphatic carbocycles. The molecule has 0 unspecified atom stereocenters. The summed E-state index contributed by atoms with van der Waals surface area (Å²) >= 11 is 0. The van der Waals surface area contributed by atoms with Gasteiger partial charge in [-0.05, 0) is 37.1 Å². The number of nitriles is 1. The Kier molecular flexibility index (Phi) is 3.71. The minimum Gasteiger partial charge on any atom is -0.436 e. The number of carbonyl (C=O) groups is 1. The topological polar surface area (TPSA) is 66.9 Å². The Hall–Kier alpha value is -2.93. The van der Waals surface area contributed by atoms with Crippen LogP contribution in [-0.4, -0.2) is 10.8 Å². The molecule has 0 radical (unpaired) electrons. The number of carbonyl (C=O) groups excluding carboxylic acids is 1. The minimum absolute atomic E-state index is 0.0230. The molecule has 0 saturated carbocycles. The third-order valence-electron chi connectivity index (χ3n) is 3.81. The first-order chi connectivity index (χ1) is 11.0. The van der Waals surface area contributed by atoms with E-state index in [2.05, 4.69) is 24.9 Å². The lowest BCUT2D eigenvalue weighted by Crippen LogP contribution is -1.90. The first-order valence-electron chi connectivity index (χ1n) is 7.45. The third kappa shape index (κ3) is 2.74. The lowest BCUT2D eigenvalue weighted by molar-refractivity contribution is 0.101. The summed E-state index contributed by atoms with van der Waals surface area (Å²) in [4.78, 5) is 15.9. The summed E-state index contributed by atoms with van der Waals surface area (Å²) in [7, 11) is 0. The van der Waals surface area contributed by atoms with Crippen molar-refractivity contribution in [2.24, 2.45) is 0 Å². The van der Waals surface area contributed by atoms with Gasteiger partial charge in [0.15, 0.2) is 11.4 Å². The van der Waals surface area contributed by atoms with Crippen molar-refractivity contribution in [2.45, 2.75) is 26.7 Å². The van der Waals surface area contributed by atoms with Crippen LogP contribution in [0.25, 0.3) is 22.6 Å². The van der Waals surface area contributed by atoms with Gasteiger partial charge >= 0.3 is 0 Å². The van der Waals surface area contributed by atoms with Crippen LogP contribution >= 0.6 is 0 Å².